The summed E-state index contributed by atoms with van der Waals surface area (Å²) in [5.41, 5.74) is 0. The highest BCUT2D eigenvalue weighted by Gasteiger charge is 1.91. The summed E-state index contributed by atoms with van der Waals surface area (Å²) in [6.07, 6.45) is -1.37. The molecule has 0 saturated carbocycles. The summed E-state index contributed by atoms with van der Waals surface area (Å²) in [5.74, 6) is 9.13. The van der Waals surface area contributed by atoms with Crippen molar-refractivity contribution in [3.8, 4) is 23.7 Å². The highest BCUT2D eigenvalue weighted by Crippen LogP contribution is 1.81. The lowest BCUT2D eigenvalue weighted by molar-refractivity contribution is -0.139. The van der Waals surface area contributed by atoms with Crippen LogP contribution in [0.5, 0.6) is 0 Å². The third-order valence-corrected chi connectivity index (χ3v) is 0.939. The fourth-order valence-corrected chi connectivity index (χ4v) is 0.397. The zero-order chi connectivity index (χ0) is 11.0. The lowest BCUT2D eigenvalue weighted by atomic mass is 10.3. The van der Waals surface area contributed by atoms with Crippen molar-refractivity contribution in [2.24, 2.45) is 0 Å². The molecule has 0 aliphatic rings. The molecule has 12 heavy (non-hydrogen) atoms. The van der Waals surface area contributed by atoms with E-state index in [0.29, 0.717) is 6.42 Å². The van der Waals surface area contributed by atoms with E-state index in [1.807, 2.05) is 6.92 Å². The molecule has 0 unspecified atom stereocenters. The van der Waals surface area contributed by atoms with Crippen LogP contribution in [0, 0.1) is 23.7 Å². The van der Waals surface area contributed by atoms with E-state index in [2.05, 4.69) is 28.4 Å². The maximum atomic E-state index is 10.6. The van der Waals surface area contributed by atoms with Gasteiger partial charge in [-0.3, -0.25) is 4.79 Å². The van der Waals surface area contributed by atoms with Gasteiger partial charge >= 0.3 is 5.97 Å². The molecule has 0 aromatic carbocycles. The van der Waals surface area contributed by atoms with Crippen LogP contribution in [0.3, 0.4) is 0 Å². The summed E-state index contributed by atoms with van der Waals surface area (Å²) in [5, 5.41) is 0. The van der Waals surface area contributed by atoms with Crippen molar-refractivity contribution >= 4 is 5.97 Å². The van der Waals surface area contributed by atoms with E-state index in [4.69, 9.17) is 2.74 Å². The summed E-state index contributed by atoms with van der Waals surface area (Å²) in [6, 6.07) is 0. The van der Waals surface area contributed by atoms with Crippen LogP contribution in [0.4, 0.5) is 0 Å². The second-order valence-corrected chi connectivity index (χ2v) is 1.84. The van der Waals surface area contributed by atoms with Crippen LogP contribution in [-0.2, 0) is 9.53 Å². The molecule has 0 atom stereocenters. The molecule has 0 rings (SSSR count). The molecule has 0 aromatic heterocycles. The molecule has 0 bridgehead atoms. The molecular formula is C10H12O2. The Bertz CT molecular complexity index is 312. The summed E-state index contributed by atoms with van der Waals surface area (Å²) in [4.78, 5) is 10.6. The van der Waals surface area contributed by atoms with E-state index in [-0.39, 0.29) is 6.42 Å². The Morgan fingerprint density at radius 3 is 2.67 bits per heavy atom. The van der Waals surface area contributed by atoms with Crippen LogP contribution in [0.15, 0.2) is 0 Å². The average Bonchev–Trinajstić information content (AvgIpc) is 2.14. The van der Waals surface area contributed by atoms with Crippen LogP contribution in [0.25, 0.3) is 0 Å². The maximum absolute atomic E-state index is 10.6. The smallest absolute Gasteiger partial charge is 0.317 e. The number of carbonyl (C=O) groups excluding carboxylic acids is 1. The first-order valence-corrected chi connectivity index (χ1v) is 3.58. The molecule has 2 heteroatoms. The lowest BCUT2D eigenvalue weighted by Gasteiger charge is -1.88. The van der Waals surface area contributed by atoms with Crippen molar-refractivity contribution in [2.75, 3.05) is 7.11 Å². The quantitative estimate of drug-likeness (QED) is 0.434. The standard InChI is InChI=1S/C10H12O2/c1-3-4-5-6-7-8-9-10(11)12-2/h3,6,9H2,1-2H3/i6D2. The van der Waals surface area contributed by atoms with Gasteiger partial charge in [0.15, 0.2) is 0 Å². The molecule has 0 spiro atoms. The van der Waals surface area contributed by atoms with E-state index < -0.39 is 12.3 Å². The van der Waals surface area contributed by atoms with Crippen molar-refractivity contribution in [1.29, 1.82) is 0 Å². The predicted octanol–water partition coefficient (Wildman–Crippen LogP) is 1.36. The SMILES string of the molecule is [2H]C([2H])(C#CCC)C#CCC(=O)OC. The van der Waals surface area contributed by atoms with Gasteiger partial charge in [0.1, 0.15) is 6.42 Å². The third kappa shape index (κ3) is 6.71. The normalized spacial score (nSPS) is 10.8. The van der Waals surface area contributed by atoms with Gasteiger partial charge in [-0.15, -0.1) is 5.92 Å². The van der Waals surface area contributed by atoms with Gasteiger partial charge in [0.25, 0.3) is 0 Å². The van der Waals surface area contributed by atoms with Gasteiger partial charge in [-0.1, -0.05) is 24.7 Å². The number of hydrogen-bond donors (Lipinski definition) is 0. The van der Waals surface area contributed by atoms with Crippen molar-refractivity contribution < 1.29 is 12.3 Å². The van der Waals surface area contributed by atoms with E-state index in [1.165, 1.54) is 7.11 Å². The van der Waals surface area contributed by atoms with Crippen LogP contribution >= 0.6 is 0 Å². The van der Waals surface area contributed by atoms with Gasteiger partial charge in [0.2, 0.25) is 0 Å². The Labute approximate surface area is 76.1 Å². The van der Waals surface area contributed by atoms with Crippen molar-refractivity contribution in [2.45, 2.75) is 26.1 Å². The molecule has 0 heterocycles. The number of ether oxygens (including phenoxy) is 1. The Morgan fingerprint density at radius 2 is 2.08 bits per heavy atom. The van der Waals surface area contributed by atoms with Gasteiger partial charge in [-0.2, -0.15) is 0 Å². The lowest BCUT2D eigenvalue weighted by Crippen LogP contribution is -1.96. The summed E-state index contributed by atoms with van der Waals surface area (Å²) in [7, 11) is 1.26. The minimum absolute atomic E-state index is 0.107. The Morgan fingerprint density at radius 1 is 1.42 bits per heavy atom. The number of methoxy groups -OCH3 is 1. The molecule has 0 amide bonds. The zero-order valence-corrected chi connectivity index (χ0v) is 7.23. The van der Waals surface area contributed by atoms with Crippen molar-refractivity contribution in [3.63, 3.8) is 0 Å². The van der Waals surface area contributed by atoms with Crippen molar-refractivity contribution in [3.05, 3.63) is 0 Å². The van der Waals surface area contributed by atoms with E-state index >= 15 is 0 Å². The monoisotopic (exact) mass is 166 g/mol. The summed E-state index contributed by atoms with van der Waals surface area (Å²) >= 11 is 0. The number of esters is 1. The molecule has 0 radical (unpaired) electrons. The number of carbonyl (C=O) groups is 1. The highest BCUT2D eigenvalue weighted by atomic mass is 16.5. The van der Waals surface area contributed by atoms with E-state index in [1.54, 1.807) is 0 Å². The average molecular weight is 166 g/mol. The second-order valence-electron chi connectivity index (χ2n) is 1.84. The molecule has 2 nitrogen and oxygen atoms in total. The predicted molar refractivity (Wildman–Crippen MR) is 47.1 cm³/mol. The fraction of sp³-hybridized carbons (Fsp3) is 0.500. The van der Waals surface area contributed by atoms with Gasteiger partial charge < -0.3 is 4.74 Å². The molecule has 64 valence electrons. The molecule has 0 N–H and O–H groups in total. The van der Waals surface area contributed by atoms with Crippen molar-refractivity contribution in [1.82, 2.24) is 0 Å². The third-order valence-electron chi connectivity index (χ3n) is 0.939. The zero-order valence-electron chi connectivity index (χ0n) is 9.23. The molecule has 0 fully saturated rings. The second kappa shape index (κ2) is 7.69. The largest absolute Gasteiger partial charge is 0.468 e. The molecule has 0 aliphatic carbocycles. The number of rotatable bonds is 1. The molecule has 0 aliphatic heterocycles. The summed E-state index contributed by atoms with van der Waals surface area (Å²) in [6.45, 7) is 1.82. The van der Waals surface area contributed by atoms with E-state index in [9.17, 15) is 4.79 Å². The van der Waals surface area contributed by atoms with Crippen LogP contribution in [0.1, 0.15) is 28.9 Å². The van der Waals surface area contributed by atoms with Gasteiger partial charge in [0.05, 0.1) is 16.2 Å². The molecule has 0 aromatic rings. The Hall–Kier alpha value is -1.41. The molecule has 0 saturated heterocycles. The van der Waals surface area contributed by atoms with Gasteiger partial charge in [0, 0.05) is 6.42 Å². The highest BCUT2D eigenvalue weighted by molar-refractivity contribution is 5.72. The first-order chi connectivity index (χ1) is 6.52. The fourth-order valence-electron chi connectivity index (χ4n) is 0.397. The van der Waals surface area contributed by atoms with E-state index in [0.717, 1.165) is 0 Å². The Kier molecular flexibility index (Phi) is 4.65. The Balaban J connectivity index is 4.26. The van der Waals surface area contributed by atoms with Crippen LogP contribution in [-0.4, -0.2) is 13.1 Å². The van der Waals surface area contributed by atoms with Crippen LogP contribution in [0.2, 0.25) is 0 Å². The summed E-state index contributed by atoms with van der Waals surface area (Å²) < 4.78 is 18.9. The van der Waals surface area contributed by atoms with Gasteiger partial charge in [-0.25, -0.2) is 0 Å². The minimum Gasteiger partial charge on any atom is -0.468 e. The number of hydrogen-bond acceptors (Lipinski definition) is 2. The first-order valence-electron chi connectivity index (χ1n) is 4.58. The minimum atomic E-state index is -1.84. The maximum Gasteiger partial charge on any atom is 0.317 e. The van der Waals surface area contributed by atoms with Crippen LogP contribution < -0.4 is 0 Å². The topological polar surface area (TPSA) is 26.3 Å². The first kappa shape index (κ1) is 7.25. The molecular weight excluding hydrogens is 152 g/mol. The van der Waals surface area contributed by atoms with Gasteiger partial charge in [-0.05, 0) is 0 Å².